The van der Waals surface area contributed by atoms with Crippen molar-refractivity contribution in [3.63, 3.8) is 0 Å². The molecule has 1 aromatic heterocycles. The fourth-order valence-corrected chi connectivity index (χ4v) is 1.39. The highest BCUT2D eigenvalue weighted by atomic mass is 15.4. The smallest absolute Gasteiger partial charge is 0.0967 e. The number of nitrogens with zero attached hydrogens (tertiary/aromatic N) is 4. The van der Waals surface area contributed by atoms with Gasteiger partial charge in [0.15, 0.2) is 0 Å². The molecule has 0 unspecified atom stereocenters. The molecule has 0 spiro atoms. The summed E-state index contributed by atoms with van der Waals surface area (Å²) in [7, 11) is 2.09. The minimum absolute atomic E-state index is 0.605. The first kappa shape index (κ1) is 11.1. The maximum atomic E-state index is 5.42. The van der Waals surface area contributed by atoms with Gasteiger partial charge in [0.25, 0.3) is 0 Å². The van der Waals surface area contributed by atoms with Gasteiger partial charge in [-0.2, -0.15) is 0 Å². The molecule has 0 atom stereocenters. The first-order valence-corrected chi connectivity index (χ1v) is 5.04. The van der Waals surface area contributed by atoms with E-state index in [0.29, 0.717) is 6.54 Å². The molecule has 0 saturated carbocycles. The Balaban J connectivity index is 2.42. The van der Waals surface area contributed by atoms with E-state index in [-0.39, 0.29) is 0 Å². The molecule has 14 heavy (non-hydrogen) atoms. The first-order valence-electron chi connectivity index (χ1n) is 5.04. The number of aromatic nitrogens is 3. The molecule has 1 aromatic rings. The molecule has 0 aromatic carbocycles. The Bertz CT molecular complexity index is 257. The quantitative estimate of drug-likeness (QED) is 0.701. The van der Waals surface area contributed by atoms with Gasteiger partial charge in [-0.05, 0) is 20.0 Å². The lowest BCUT2D eigenvalue weighted by atomic mass is 10.4. The molecule has 0 bridgehead atoms. The van der Waals surface area contributed by atoms with Gasteiger partial charge in [0, 0.05) is 19.3 Å². The second-order valence-electron chi connectivity index (χ2n) is 3.50. The van der Waals surface area contributed by atoms with Crippen LogP contribution in [0, 0.1) is 0 Å². The van der Waals surface area contributed by atoms with Crippen LogP contribution in [-0.4, -0.2) is 40.0 Å². The van der Waals surface area contributed by atoms with Crippen LogP contribution in [0.2, 0.25) is 0 Å². The molecule has 0 amide bonds. The number of nitrogens with two attached hydrogens (primary N) is 1. The van der Waals surface area contributed by atoms with E-state index in [1.807, 2.05) is 6.20 Å². The summed E-state index contributed by atoms with van der Waals surface area (Å²) in [6.45, 7) is 5.46. The highest BCUT2D eigenvalue weighted by Crippen LogP contribution is 1.98. The molecular formula is C9H19N5. The Labute approximate surface area is 84.9 Å². The lowest BCUT2D eigenvalue weighted by Crippen LogP contribution is -2.18. The standard InChI is InChI=1S/C9H19N5/c1-3-5-13(2)7-9-8-14(6-4-10)12-11-9/h8H,3-7,10H2,1-2H3. The van der Waals surface area contributed by atoms with Crippen LogP contribution in [0.4, 0.5) is 0 Å². The largest absolute Gasteiger partial charge is 0.329 e. The van der Waals surface area contributed by atoms with Crippen molar-refractivity contribution < 1.29 is 0 Å². The summed E-state index contributed by atoms with van der Waals surface area (Å²) in [5.74, 6) is 0. The first-order chi connectivity index (χ1) is 6.76. The fraction of sp³-hybridized carbons (Fsp3) is 0.778. The second kappa shape index (κ2) is 5.72. The normalized spacial score (nSPS) is 11.1. The van der Waals surface area contributed by atoms with E-state index in [1.54, 1.807) is 4.68 Å². The summed E-state index contributed by atoms with van der Waals surface area (Å²) in [6, 6.07) is 0. The molecule has 0 aliphatic carbocycles. The van der Waals surface area contributed by atoms with Gasteiger partial charge in [-0.1, -0.05) is 12.1 Å². The maximum absolute atomic E-state index is 5.42. The van der Waals surface area contributed by atoms with Crippen molar-refractivity contribution >= 4 is 0 Å². The minimum Gasteiger partial charge on any atom is -0.329 e. The van der Waals surface area contributed by atoms with Crippen molar-refractivity contribution in [2.75, 3.05) is 20.1 Å². The zero-order valence-electron chi connectivity index (χ0n) is 8.98. The van der Waals surface area contributed by atoms with E-state index in [0.717, 1.165) is 31.7 Å². The van der Waals surface area contributed by atoms with Gasteiger partial charge in [-0.25, -0.2) is 0 Å². The number of rotatable bonds is 6. The average Bonchev–Trinajstić information content (AvgIpc) is 2.53. The van der Waals surface area contributed by atoms with Gasteiger partial charge < -0.3 is 10.6 Å². The summed E-state index contributed by atoms with van der Waals surface area (Å²) in [4.78, 5) is 2.23. The zero-order chi connectivity index (χ0) is 10.4. The molecule has 1 heterocycles. The van der Waals surface area contributed by atoms with E-state index in [9.17, 15) is 0 Å². The third-order valence-corrected chi connectivity index (χ3v) is 1.98. The van der Waals surface area contributed by atoms with Crippen LogP contribution in [0.15, 0.2) is 6.20 Å². The lowest BCUT2D eigenvalue weighted by Gasteiger charge is -2.12. The van der Waals surface area contributed by atoms with Gasteiger partial charge in [0.2, 0.25) is 0 Å². The third-order valence-electron chi connectivity index (χ3n) is 1.98. The Hall–Kier alpha value is -0.940. The third kappa shape index (κ3) is 3.43. The molecule has 5 heteroatoms. The van der Waals surface area contributed by atoms with Gasteiger partial charge in [-0.15, -0.1) is 5.10 Å². The van der Waals surface area contributed by atoms with Crippen LogP contribution in [0.5, 0.6) is 0 Å². The van der Waals surface area contributed by atoms with Crippen molar-refractivity contribution in [2.45, 2.75) is 26.4 Å². The second-order valence-corrected chi connectivity index (χ2v) is 3.50. The van der Waals surface area contributed by atoms with Crippen LogP contribution < -0.4 is 5.73 Å². The molecular weight excluding hydrogens is 178 g/mol. The van der Waals surface area contributed by atoms with E-state index >= 15 is 0 Å². The van der Waals surface area contributed by atoms with Gasteiger partial charge in [0.1, 0.15) is 0 Å². The summed E-state index contributed by atoms with van der Waals surface area (Å²) < 4.78 is 1.79. The SMILES string of the molecule is CCCN(C)Cc1cn(CCN)nn1. The molecule has 2 N–H and O–H groups in total. The fourth-order valence-electron chi connectivity index (χ4n) is 1.39. The predicted molar refractivity (Wildman–Crippen MR) is 55.7 cm³/mol. The van der Waals surface area contributed by atoms with Crippen molar-refractivity contribution in [3.8, 4) is 0 Å². The van der Waals surface area contributed by atoms with Crippen LogP contribution >= 0.6 is 0 Å². The highest BCUT2D eigenvalue weighted by Gasteiger charge is 2.03. The van der Waals surface area contributed by atoms with Gasteiger partial charge in [-0.3, -0.25) is 4.68 Å². The van der Waals surface area contributed by atoms with Crippen molar-refractivity contribution in [1.29, 1.82) is 0 Å². The van der Waals surface area contributed by atoms with Crippen LogP contribution in [0.25, 0.3) is 0 Å². The van der Waals surface area contributed by atoms with Crippen LogP contribution in [0.1, 0.15) is 19.0 Å². The zero-order valence-corrected chi connectivity index (χ0v) is 8.98. The van der Waals surface area contributed by atoms with E-state index in [2.05, 4.69) is 29.2 Å². The molecule has 1 rings (SSSR count). The molecule has 80 valence electrons. The maximum Gasteiger partial charge on any atom is 0.0967 e. The Morgan fingerprint density at radius 1 is 1.57 bits per heavy atom. The number of hydrogen-bond acceptors (Lipinski definition) is 4. The molecule has 0 aliphatic rings. The Morgan fingerprint density at radius 2 is 2.36 bits per heavy atom. The minimum atomic E-state index is 0.605. The van der Waals surface area contributed by atoms with E-state index in [1.165, 1.54) is 0 Å². The van der Waals surface area contributed by atoms with Crippen LogP contribution in [-0.2, 0) is 13.1 Å². The molecule has 0 aliphatic heterocycles. The number of hydrogen-bond donors (Lipinski definition) is 1. The Morgan fingerprint density at radius 3 is 3.00 bits per heavy atom. The van der Waals surface area contributed by atoms with E-state index < -0.39 is 0 Å². The molecule has 0 fully saturated rings. The Kier molecular flexibility index (Phi) is 4.55. The van der Waals surface area contributed by atoms with Crippen molar-refractivity contribution in [3.05, 3.63) is 11.9 Å². The van der Waals surface area contributed by atoms with Crippen molar-refractivity contribution in [2.24, 2.45) is 5.73 Å². The van der Waals surface area contributed by atoms with E-state index in [4.69, 9.17) is 5.73 Å². The summed E-state index contributed by atoms with van der Waals surface area (Å²) in [6.07, 6.45) is 3.12. The predicted octanol–water partition coefficient (Wildman–Crippen LogP) is 0.0786. The van der Waals surface area contributed by atoms with Gasteiger partial charge in [0.05, 0.1) is 12.2 Å². The van der Waals surface area contributed by atoms with Crippen LogP contribution in [0.3, 0.4) is 0 Å². The van der Waals surface area contributed by atoms with Crippen molar-refractivity contribution in [1.82, 2.24) is 19.9 Å². The molecule has 5 nitrogen and oxygen atoms in total. The summed E-state index contributed by atoms with van der Waals surface area (Å²) in [5.41, 5.74) is 6.43. The summed E-state index contributed by atoms with van der Waals surface area (Å²) in [5, 5.41) is 8.05. The molecule has 0 radical (unpaired) electrons. The average molecular weight is 197 g/mol. The topological polar surface area (TPSA) is 60.0 Å². The summed E-state index contributed by atoms with van der Waals surface area (Å²) >= 11 is 0. The highest BCUT2D eigenvalue weighted by molar-refractivity contribution is 4.91. The monoisotopic (exact) mass is 197 g/mol. The van der Waals surface area contributed by atoms with Gasteiger partial charge >= 0.3 is 0 Å². The lowest BCUT2D eigenvalue weighted by molar-refractivity contribution is 0.323. The molecule has 0 saturated heterocycles.